The molecule has 3 nitrogen and oxygen atoms in total. The quantitative estimate of drug-likeness (QED) is 0.170. The van der Waals surface area contributed by atoms with Gasteiger partial charge in [-0.05, 0) is 24.9 Å². The van der Waals surface area contributed by atoms with Crippen molar-refractivity contribution in [2.24, 2.45) is 0 Å². The largest absolute Gasteiger partial charge is 0.356 e. The summed E-state index contributed by atoms with van der Waals surface area (Å²) >= 11 is 0. The van der Waals surface area contributed by atoms with Gasteiger partial charge in [-0.2, -0.15) is 0 Å². The van der Waals surface area contributed by atoms with E-state index in [9.17, 15) is 4.79 Å². The molecule has 0 aliphatic carbocycles. The highest BCUT2D eigenvalue weighted by molar-refractivity contribution is 5.85. The Bertz CT molecular complexity index is 509. The van der Waals surface area contributed by atoms with Crippen LogP contribution in [0.3, 0.4) is 0 Å². The SMILES string of the molecule is CCCCCCCCCCCCCCCCCC(=O)NCCCNCc1ccccc1.Cl. The molecule has 0 heterocycles. The van der Waals surface area contributed by atoms with Gasteiger partial charge in [-0.1, -0.05) is 127 Å². The van der Waals surface area contributed by atoms with Gasteiger partial charge in [0.15, 0.2) is 0 Å². The van der Waals surface area contributed by atoms with E-state index in [-0.39, 0.29) is 18.3 Å². The van der Waals surface area contributed by atoms with Crippen LogP contribution in [0.15, 0.2) is 30.3 Å². The number of nitrogens with one attached hydrogen (secondary N) is 2. The molecule has 0 fully saturated rings. The van der Waals surface area contributed by atoms with Crippen molar-refractivity contribution < 1.29 is 4.79 Å². The molecule has 0 aromatic heterocycles. The van der Waals surface area contributed by atoms with Gasteiger partial charge in [0.05, 0.1) is 0 Å². The summed E-state index contributed by atoms with van der Waals surface area (Å²) in [6.45, 7) is 4.90. The molecule has 0 radical (unpaired) electrons. The van der Waals surface area contributed by atoms with E-state index in [1.54, 1.807) is 0 Å². The molecule has 1 rings (SSSR count). The van der Waals surface area contributed by atoms with Gasteiger partial charge in [0.1, 0.15) is 0 Å². The number of hydrogen-bond donors (Lipinski definition) is 2. The lowest BCUT2D eigenvalue weighted by Crippen LogP contribution is -2.27. The van der Waals surface area contributed by atoms with Crippen molar-refractivity contribution in [1.29, 1.82) is 0 Å². The normalized spacial score (nSPS) is 10.7. The summed E-state index contributed by atoms with van der Waals surface area (Å²) in [5.41, 5.74) is 1.31. The molecule has 2 N–H and O–H groups in total. The number of unbranched alkanes of at least 4 members (excludes halogenated alkanes) is 14. The fraction of sp³-hybridized carbons (Fsp3) is 0.750. The Morgan fingerprint density at radius 2 is 1.16 bits per heavy atom. The Labute approximate surface area is 205 Å². The maximum atomic E-state index is 11.9. The number of carbonyl (C=O) groups is 1. The summed E-state index contributed by atoms with van der Waals surface area (Å²) in [6.07, 6.45) is 22.1. The maximum absolute atomic E-state index is 11.9. The van der Waals surface area contributed by atoms with E-state index in [1.165, 1.54) is 95.5 Å². The first-order valence-electron chi connectivity index (χ1n) is 13.3. The Morgan fingerprint density at radius 3 is 1.69 bits per heavy atom. The van der Waals surface area contributed by atoms with Crippen LogP contribution < -0.4 is 10.6 Å². The predicted octanol–water partition coefficient (Wildman–Crippen LogP) is 7.97. The average molecular weight is 467 g/mol. The molecule has 1 amide bonds. The van der Waals surface area contributed by atoms with Crippen molar-refractivity contribution >= 4 is 18.3 Å². The van der Waals surface area contributed by atoms with Gasteiger partial charge in [-0.15, -0.1) is 12.4 Å². The van der Waals surface area contributed by atoms with Gasteiger partial charge in [-0.3, -0.25) is 4.79 Å². The van der Waals surface area contributed by atoms with E-state index in [1.807, 2.05) is 6.07 Å². The highest BCUT2D eigenvalue weighted by Gasteiger charge is 2.01. The molecule has 1 aromatic rings. The monoisotopic (exact) mass is 466 g/mol. The summed E-state index contributed by atoms with van der Waals surface area (Å²) in [6, 6.07) is 10.4. The zero-order valence-electron chi connectivity index (χ0n) is 20.8. The maximum Gasteiger partial charge on any atom is 0.219 e. The molecule has 0 spiro atoms. The fourth-order valence-electron chi connectivity index (χ4n) is 4.02. The van der Waals surface area contributed by atoms with E-state index in [0.717, 1.165) is 32.5 Å². The standard InChI is InChI=1S/C28H50N2O.ClH/c1-2-3-4-5-6-7-8-9-10-11-12-13-14-15-19-23-28(31)30-25-20-24-29-26-27-21-17-16-18-22-27;/h16-18,21-22,29H,2-15,19-20,23-26H2,1H3,(H,30,31);1H. The molecule has 0 saturated carbocycles. The van der Waals surface area contributed by atoms with E-state index in [0.29, 0.717) is 6.42 Å². The molecule has 1 aromatic carbocycles. The van der Waals surface area contributed by atoms with Gasteiger partial charge in [0.2, 0.25) is 5.91 Å². The molecule has 0 unspecified atom stereocenters. The number of amides is 1. The third-order valence-corrected chi connectivity index (χ3v) is 6.03. The Balaban J connectivity index is 0.00000961. The van der Waals surface area contributed by atoms with Gasteiger partial charge >= 0.3 is 0 Å². The van der Waals surface area contributed by atoms with Crippen molar-refractivity contribution in [3.63, 3.8) is 0 Å². The highest BCUT2D eigenvalue weighted by atomic mass is 35.5. The number of benzene rings is 1. The molecular formula is C28H51ClN2O. The third kappa shape index (κ3) is 20.8. The number of hydrogen-bond acceptors (Lipinski definition) is 2. The van der Waals surface area contributed by atoms with Gasteiger partial charge < -0.3 is 10.6 Å². The molecule has 0 saturated heterocycles. The van der Waals surface area contributed by atoms with Crippen LogP contribution in [0.2, 0.25) is 0 Å². The number of carbonyl (C=O) groups excluding carboxylic acids is 1. The summed E-state index contributed by atoms with van der Waals surface area (Å²) < 4.78 is 0. The van der Waals surface area contributed by atoms with Crippen LogP contribution in [0, 0.1) is 0 Å². The first-order valence-corrected chi connectivity index (χ1v) is 13.3. The minimum atomic E-state index is 0. The molecular weight excluding hydrogens is 416 g/mol. The van der Waals surface area contributed by atoms with Crippen LogP contribution in [0.4, 0.5) is 0 Å². The second-order valence-corrected chi connectivity index (χ2v) is 9.07. The lowest BCUT2D eigenvalue weighted by Gasteiger charge is -2.07. The van der Waals surface area contributed by atoms with Gasteiger partial charge in [0.25, 0.3) is 0 Å². The van der Waals surface area contributed by atoms with Crippen LogP contribution in [0.5, 0.6) is 0 Å². The zero-order chi connectivity index (χ0) is 22.2. The van der Waals surface area contributed by atoms with Crippen LogP contribution in [-0.4, -0.2) is 19.0 Å². The molecule has 0 bridgehead atoms. The lowest BCUT2D eigenvalue weighted by molar-refractivity contribution is -0.121. The van der Waals surface area contributed by atoms with E-state index >= 15 is 0 Å². The second kappa shape index (κ2) is 24.6. The lowest BCUT2D eigenvalue weighted by atomic mass is 10.0. The summed E-state index contributed by atoms with van der Waals surface area (Å²) in [7, 11) is 0. The van der Waals surface area contributed by atoms with Crippen molar-refractivity contribution in [1.82, 2.24) is 10.6 Å². The smallest absolute Gasteiger partial charge is 0.219 e. The van der Waals surface area contributed by atoms with E-state index in [2.05, 4.69) is 41.8 Å². The van der Waals surface area contributed by atoms with Crippen molar-refractivity contribution in [3.05, 3.63) is 35.9 Å². The first kappa shape index (κ1) is 30.9. The average Bonchev–Trinajstić information content (AvgIpc) is 2.79. The summed E-state index contributed by atoms with van der Waals surface area (Å²) in [5, 5.41) is 6.48. The van der Waals surface area contributed by atoms with Crippen LogP contribution in [0.25, 0.3) is 0 Å². The second-order valence-electron chi connectivity index (χ2n) is 9.07. The molecule has 186 valence electrons. The minimum absolute atomic E-state index is 0. The van der Waals surface area contributed by atoms with Crippen molar-refractivity contribution in [2.45, 2.75) is 123 Å². The van der Waals surface area contributed by atoms with E-state index in [4.69, 9.17) is 0 Å². The van der Waals surface area contributed by atoms with Crippen LogP contribution >= 0.6 is 12.4 Å². The molecule has 0 aliphatic heterocycles. The summed E-state index contributed by atoms with van der Waals surface area (Å²) in [4.78, 5) is 11.9. The Kier molecular flexibility index (Phi) is 23.8. The molecule has 0 atom stereocenters. The zero-order valence-corrected chi connectivity index (χ0v) is 21.7. The predicted molar refractivity (Wildman–Crippen MR) is 143 cm³/mol. The van der Waals surface area contributed by atoms with Gasteiger partial charge in [0, 0.05) is 19.5 Å². The van der Waals surface area contributed by atoms with Gasteiger partial charge in [-0.25, -0.2) is 0 Å². The minimum Gasteiger partial charge on any atom is -0.356 e. The Morgan fingerprint density at radius 1 is 0.656 bits per heavy atom. The molecule has 32 heavy (non-hydrogen) atoms. The van der Waals surface area contributed by atoms with E-state index < -0.39 is 0 Å². The van der Waals surface area contributed by atoms with Crippen molar-refractivity contribution in [2.75, 3.05) is 13.1 Å². The van der Waals surface area contributed by atoms with Crippen LogP contribution in [0.1, 0.15) is 122 Å². The Hall–Kier alpha value is -1.06. The molecule has 4 heteroatoms. The number of rotatable bonds is 22. The topological polar surface area (TPSA) is 41.1 Å². The van der Waals surface area contributed by atoms with Crippen molar-refractivity contribution in [3.8, 4) is 0 Å². The summed E-state index contributed by atoms with van der Waals surface area (Å²) in [5.74, 6) is 0.220. The first-order chi connectivity index (χ1) is 15.3. The highest BCUT2D eigenvalue weighted by Crippen LogP contribution is 2.13. The number of halogens is 1. The third-order valence-electron chi connectivity index (χ3n) is 6.03. The fourth-order valence-corrected chi connectivity index (χ4v) is 4.02. The molecule has 0 aliphatic rings. The van der Waals surface area contributed by atoms with Crippen LogP contribution in [-0.2, 0) is 11.3 Å².